The molecule has 8 nitrogen and oxygen atoms in total. The Hall–Kier alpha value is -3.43. The number of anilines is 2. The zero-order valence-corrected chi connectivity index (χ0v) is 27.4. The summed E-state index contributed by atoms with van der Waals surface area (Å²) in [6.07, 6.45) is 3.62. The Balaban J connectivity index is 0.977. The molecule has 8 rings (SSSR count). The molecule has 2 aliphatic heterocycles. The van der Waals surface area contributed by atoms with Gasteiger partial charge in [0.05, 0.1) is 33.2 Å². The molecule has 2 bridgehead atoms. The summed E-state index contributed by atoms with van der Waals surface area (Å²) in [5, 5.41) is 16.6. The second kappa shape index (κ2) is 11.6. The van der Waals surface area contributed by atoms with Crippen LogP contribution in [0.4, 0.5) is 11.4 Å². The number of nitrogens with one attached hydrogen (secondary N) is 1. The SMILES string of the molecule is O=C(CCC(=O)Oc1ccc2c3c1OC1C(=O)CC[C@@]4(O)[C@@H](C2)N(CC2CC2)CC[C@]314)Cc1ccccc1Nc1c(Cl)cccc1Cl. The molecule has 2 N–H and O–H groups in total. The molecular formula is C37H36Cl2N2O6. The lowest BCUT2D eigenvalue weighted by Crippen LogP contribution is -2.76. The summed E-state index contributed by atoms with van der Waals surface area (Å²) in [6, 6.07) is 16.2. The molecule has 0 amide bonds. The molecule has 5 aliphatic rings. The van der Waals surface area contributed by atoms with Gasteiger partial charge in [-0.3, -0.25) is 19.3 Å². The monoisotopic (exact) mass is 674 g/mol. The van der Waals surface area contributed by atoms with E-state index in [-0.39, 0.29) is 49.0 Å². The topological polar surface area (TPSA) is 105 Å². The molecular weight excluding hydrogens is 639 g/mol. The van der Waals surface area contributed by atoms with Crippen molar-refractivity contribution in [2.45, 2.75) is 80.9 Å². The average Bonchev–Trinajstić information content (AvgIpc) is 3.79. The van der Waals surface area contributed by atoms with Crippen LogP contribution in [0, 0.1) is 5.92 Å². The second-order valence-corrected chi connectivity index (χ2v) is 14.6. The van der Waals surface area contributed by atoms with E-state index in [1.54, 1.807) is 24.3 Å². The first kappa shape index (κ1) is 30.9. The van der Waals surface area contributed by atoms with E-state index in [2.05, 4.69) is 10.2 Å². The van der Waals surface area contributed by atoms with Crippen LogP contribution in [0.1, 0.15) is 61.6 Å². The molecule has 1 spiro atoms. The molecule has 1 saturated heterocycles. The van der Waals surface area contributed by atoms with Gasteiger partial charge in [-0.25, -0.2) is 0 Å². The van der Waals surface area contributed by atoms with E-state index in [9.17, 15) is 19.5 Å². The number of carbonyl (C=O) groups is 3. The molecule has 2 saturated carbocycles. The number of hydrogen-bond acceptors (Lipinski definition) is 8. The number of ether oxygens (including phenoxy) is 2. The summed E-state index contributed by atoms with van der Waals surface area (Å²) in [7, 11) is 0. The molecule has 10 heteroatoms. The van der Waals surface area contributed by atoms with Crippen LogP contribution in [-0.2, 0) is 32.6 Å². The van der Waals surface area contributed by atoms with Crippen molar-refractivity contribution in [3.8, 4) is 11.5 Å². The molecule has 47 heavy (non-hydrogen) atoms. The number of benzene rings is 3. The fourth-order valence-corrected chi connectivity index (χ4v) is 9.09. The predicted molar refractivity (Wildman–Crippen MR) is 178 cm³/mol. The Morgan fingerprint density at radius 3 is 2.60 bits per heavy atom. The quantitative estimate of drug-likeness (QED) is 0.189. The normalized spacial score (nSPS) is 27.2. The predicted octanol–water partition coefficient (Wildman–Crippen LogP) is 6.37. The highest BCUT2D eigenvalue weighted by Gasteiger charge is 2.73. The number of hydrogen-bond donors (Lipinski definition) is 2. The van der Waals surface area contributed by atoms with Crippen molar-refractivity contribution in [2.75, 3.05) is 18.4 Å². The third kappa shape index (κ3) is 5.07. The summed E-state index contributed by atoms with van der Waals surface area (Å²) >= 11 is 12.7. The number of aliphatic hydroxyl groups is 1. The van der Waals surface area contributed by atoms with E-state index < -0.39 is 23.1 Å². The number of halogens is 2. The molecule has 3 fully saturated rings. The first-order chi connectivity index (χ1) is 22.7. The summed E-state index contributed by atoms with van der Waals surface area (Å²) in [6.45, 7) is 1.78. The lowest BCUT2D eigenvalue weighted by Gasteiger charge is -2.62. The Kier molecular flexibility index (Phi) is 7.63. The molecule has 3 aliphatic carbocycles. The van der Waals surface area contributed by atoms with Crippen LogP contribution < -0.4 is 14.8 Å². The van der Waals surface area contributed by atoms with E-state index in [0.29, 0.717) is 52.3 Å². The van der Waals surface area contributed by atoms with Gasteiger partial charge in [-0.2, -0.15) is 0 Å². The largest absolute Gasteiger partial charge is 0.477 e. The Morgan fingerprint density at radius 1 is 1.02 bits per heavy atom. The fourth-order valence-electron chi connectivity index (χ4n) is 8.60. The third-order valence-electron chi connectivity index (χ3n) is 11.0. The third-order valence-corrected chi connectivity index (χ3v) is 11.6. The molecule has 2 heterocycles. The van der Waals surface area contributed by atoms with Crippen molar-refractivity contribution in [1.82, 2.24) is 4.90 Å². The minimum absolute atomic E-state index is 0.00947. The zero-order chi connectivity index (χ0) is 32.5. The standard InChI is InChI=1S/C37H36Cl2N2O6/c38-25-5-3-6-26(39)33(25)40-27-7-2-1-4-22(27)18-24(42)11-13-31(44)46-29-12-10-23-19-30-37(45)15-14-28(43)35-36(37,32(23)34(29)47-35)16-17-41(30)20-21-8-9-21/h1-7,10,12,21,30,35,40,45H,8-9,11,13-20H2/t30-,35?,36+,37-/m1/s1. The first-order valence-corrected chi connectivity index (χ1v) is 17.3. The van der Waals surface area contributed by atoms with Gasteiger partial charge in [0.25, 0.3) is 0 Å². The van der Waals surface area contributed by atoms with Crippen LogP contribution in [0.25, 0.3) is 0 Å². The Morgan fingerprint density at radius 2 is 1.81 bits per heavy atom. The molecule has 244 valence electrons. The number of esters is 1. The minimum Gasteiger partial charge on any atom is -0.477 e. The van der Waals surface area contributed by atoms with Gasteiger partial charge in [-0.1, -0.05) is 53.5 Å². The van der Waals surface area contributed by atoms with Gasteiger partial charge in [0, 0.05) is 43.1 Å². The van der Waals surface area contributed by atoms with Crippen molar-refractivity contribution in [1.29, 1.82) is 0 Å². The maximum absolute atomic E-state index is 13.3. The van der Waals surface area contributed by atoms with Crippen molar-refractivity contribution < 1.29 is 29.0 Å². The number of likely N-dealkylation sites (tertiary alicyclic amines) is 1. The summed E-state index contributed by atoms with van der Waals surface area (Å²) in [5.41, 5.74) is 1.95. The number of rotatable bonds is 10. The summed E-state index contributed by atoms with van der Waals surface area (Å²) < 4.78 is 12.2. The van der Waals surface area contributed by atoms with E-state index in [1.165, 1.54) is 12.8 Å². The van der Waals surface area contributed by atoms with Gasteiger partial charge in [-0.05, 0) is 80.0 Å². The van der Waals surface area contributed by atoms with Crippen molar-refractivity contribution in [3.05, 3.63) is 81.3 Å². The van der Waals surface area contributed by atoms with Crippen molar-refractivity contribution in [3.63, 3.8) is 0 Å². The Labute approximate surface area is 283 Å². The number of Topliss-reactive ketones (excluding diaryl/α,β-unsaturated/α-hetero) is 2. The number of carbonyl (C=O) groups excluding carboxylic acids is 3. The van der Waals surface area contributed by atoms with Gasteiger partial charge in [0.1, 0.15) is 5.78 Å². The van der Waals surface area contributed by atoms with Crippen molar-refractivity contribution >= 4 is 52.1 Å². The first-order valence-electron chi connectivity index (χ1n) is 16.5. The highest BCUT2D eigenvalue weighted by atomic mass is 35.5. The van der Waals surface area contributed by atoms with Gasteiger partial charge in [0.15, 0.2) is 23.4 Å². The summed E-state index contributed by atoms with van der Waals surface area (Å²) in [4.78, 5) is 42.0. The van der Waals surface area contributed by atoms with Crippen LogP contribution in [0.5, 0.6) is 11.5 Å². The van der Waals surface area contributed by atoms with Gasteiger partial charge in [-0.15, -0.1) is 0 Å². The number of nitrogens with zero attached hydrogens (tertiary/aromatic N) is 1. The number of piperidine rings is 1. The lowest BCUT2D eigenvalue weighted by molar-refractivity contribution is -0.188. The number of ketones is 2. The molecule has 1 unspecified atom stereocenters. The highest BCUT2D eigenvalue weighted by Crippen LogP contribution is 2.65. The second-order valence-electron chi connectivity index (χ2n) is 13.8. The highest BCUT2D eigenvalue weighted by molar-refractivity contribution is 6.39. The van der Waals surface area contributed by atoms with Gasteiger partial charge in [0.2, 0.25) is 0 Å². The maximum Gasteiger partial charge on any atom is 0.311 e. The molecule has 3 aromatic rings. The number of para-hydroxylation sites is 2. The van der Waals surface area contributed by atoms with Crippen LogP contribution in [0.2, 0.25) is 10.0 Å². The van der Waals surface area contributed by atoms with Crippen LogP contribution in [0.3, 0.4) is 0 Å². The van der Waals surface area contributed by atoms with Crippen LogP contribution >= 0.6 is 23.2 Å². The van der Waals surface area contributed by atoms with E-state index in [1.807, 2.05) is 30.3 Å². The zero-order valence-electron chi connectivity index (χ0n) is 25.9. The van der Waals surface area contributed by atoms with Gasteiger partial charge < -0.3 is 19.9 Å². The lowest BCUT2D eigenvalue weighted by atomic mass is 9.49. The van der Waals surface area contributed by atoms with Crippen LogP contribution in [0.15, 0.2) is 54.6 Å². The van der Waals surface area contributed by atoms with E-state index >= 15 is 0 Å². The van der Waals surface area contributed by atoms with Crippen molar-refractivity contribution in [2.24, 2.45) is 5.92 Å². The Bertz CT molecular complexity index is 1790. The van der Waals surface area contributed by atoms with Gasteiger partial charge >= 0.3 is 5.97 Å². The maximum atomic E-state index is 13.3. The minimum atomic E-state index is -1.09. The smallest absolute Gasteiger partial charge is 0.311 e. The summed E-state index contributed by atoms with van der Waals surface area (Å²) in [5.74, 6) is 0.630. The van der Waals surface area contributed by atoms with E-state index in [0.717, 1.165) is 29.8 Å². The molecule has 0 radical (unpaired) electrons. The fraction of sp³-hybridized carbons (Fsp3) is 0.432. The molecule has 3 aromatic carbocycles. The molecule has 0 aromatic heterocycles. The van der Waals surface area contributed by atoms with E-state index in [4.69, 9.17) is 32.7 Å². The average molecular weight is 676 g/mol. The van der Waals surface area contributed by atoms with Crippen LogP contribution in [-0.4, -0.2) is 58.4 Å². The molecule has 4 atom stereocenters.